The van der Waals surface area contributed by atoms with Crippen LogP contribution in [0.3, 0.4) is 0 Å². The van der Waals surface area contributed by atoms with E-state index in [-0.39, 0.29) is 5.91 Å². The number of rotatable bonds is 5. The third-order valence-corrected chi connectivity index (χ3v) is 3.69. The third kappa shape index (κ3) is 3.88. The SMILES string of the molecule is CCC(=O)Nc1ccc(Nc2c(C)cccc2C(C)C)cc1. The molecule has 0 aromatic heterocycles. The van der Waals surface area contributed by atoms with E-state index in [2.05, 4.69) is 49.6 Å². The maximum absolute atomic E-state index is 11.4. The van der Waals surface area contributed by atoms with Gasteiger partial charge in [-0.25, -0.2) is 0 Å². The predicted octanol–water partition coefficient (Wildman–Crippen LogP) is 5.21. The van der Waals surface area contributed by atoms with Gasteiger partial charge in [0.05, 0.1) is 0 Å². The van der Waals surface area contributed by atoms with Gasteiger partial charge in [0.15, 0.2) is 0 Å². The van der Waals surface area contributed by atoms with Crippen LogP contribution < -0.4 is 10.6 Å². The van der Waals surface area contributed by atoms with Gasteiger partial charge in [-0.05, 0) is 48.2 Å². The van der Waals surface area contributed by atoms with Crippen LogP contribution in [0.4, 0.5) is 17.1 Å². The number of hydrogen-bond acceptors (Lipinski definition) is 2. The van der Waals surface area contributed by atoms with Crippen LogP contribution in [0, 0.1) is 6.92 Å². The Morgan fingerprint density at radius 2 is 1.68 bits per heavy atom. The molecule has 0 fully saturated rings. The predicted molar refractivity (Wildman–Crippen MR) is 93.9 cm³/mol. The number of benzene rings is 2. The van der Waals surface area contributed by atoms with Gasteiger partial charge in [0.2, 0.25) is 5.91 Å². The normalized spacial score (nSPS) is 10.6. The maximum Gasteiger partial charge on any atom is 0.224 e. The largest absolute Gasteiger partial charge is 0.355 e. The van der Waals surface area contributed by atoms with E-state index in [0.717, 1.165) is 11.4 Å². The third-order valence-electron chi connectivity index (χ3n) is 3.69. The van der Waals surface area contributed by atoms with Crippen LogP contribution in [0.25, 0.3) is 0 Å². The van der Waals surface area contributed by atoms with E-state index in [1.165, 1.54) is 16.8 Å². The smallest absolute Gasteiger partial charge is 0.224 e. The topological polar surface area (TPSA) is 41.1 Å². The molecule has 2 aromatic rings. The molecule has 2 rings (SSSR count). The number of carbonyl (C=O) groups is 1. The Kier molecular flexibility index (Phi) is 5.21. The molecular weight excluding hydrogens is 272 g/mol. The molecule has 1 amide bonds. The fourth-order valence-corrected chi connectivity index (χ4v) is 2.37. The van der Waals surface area contributed by atoms with Crippen LogP contribution in [0.15, 0.2) is 42.5 Å². The highest BCUT2D eigenvalue weighted by Crippen LogP contribution is 2.30. The van der Waals surface area contributed by atoms with Crippen molar-refractivity contribution in [1.29, 1.82) is 0 Å². The lowest BCUT2D eigenvalue weighted by Crippen LogP contribution is -2.09. The molecule has 0 heterocycles. The van der Waals surface area contributed by atoms with E-state index in [1.807, 2.05) is 31.2 Å². The summed E-state index contributed by atoms with van der Waals surface area (Å²) in [5.41, 5.74) is 5.55. The first kappa shape index (κ1) is 16.1. The Bertz CT molecular complexity index is 645. The molecule has 0 bridgehead atoms. The van der Waals surface area contributed by atoms with E-state index in [0.29, 0.717) is 12.3 Å². The lowest BCUT2D eigenvalue weighted by atomic mass is 9.98. The van der Waals surface area contributed by atoms with Crippen molar-refractivity contribution in [3.8, 4) is 0 Å². The summed E-state index contributed by atoms with van der Waals surface area (Å²) in [4.78, 5) is 11.4. The van der Waals surface area contributed by atoms with Crippen LogP contribution in [-0.2, 0) is 4.79 Å². The van der Waals surface area contributed by atoms with Gasteiger partial charge in [-0.3, -0.25) is 4.79 Å². The zero-order valence-corrected chi connectivity index (χ0v) is 13.7. The highest BCUT2D eigenvalue weighted by molar-refractivity contribution is 5.90. The molecule has 2 N–H and O–H groups in total. The molecule has 0 saturated carbocycles. The van der Waals surface area contributed by atoms with E-state index in [9.17, 15) is 4.79 Å². The number of para-hydroxylation sites is 1. The van der Waals surface area contributed by atoms with Crippen LogP contribution in [0.1, 0.15) is 44.2 Å². The molecule has 2 aromatic carbocycles. The first-order valence-corrected chi connectivity index (χ1v) is 7.77. The Labute approximate surface area is 132 Å². The van der Waals surface area contributed by atoms with Crippen molar-refractivity contribution in [1.82, 2.24) is 0 Å². The molecule has 3 heteroatoms. The minimum atomic E-state index is 0.0294. The van der Waals surface area contributed by atoms with Crippen molar-refractivity contribution in [2.24, 2.45) is 0 Å². The molecule has 0 unspecified atom stereocenters. The standard InChI is InChI=1S/C19H24N2O/c1-5-18(22)20-15-9-11-16(12-10-15)21-19-14(4)7-6-8-17(19)13(2)3/h6-13,21H,5H2,1-4H3,(H,20,22). The number of hydrogen-bond donors (Lipinski definition) is 2. The van der Waals surface area contributed by atoms with Crippen molar-refractivity contribution in [3.63, 3.8) is 0 Å². The average Bonchev–Trinajstić information content (AvgIpc) is 2.50. The molecule has 0 aliphatic rings. The summed E-state index contributed by atoms with van der Waals surface area (Å²) in [5.74, 6) is 0.493. The summed E-state index contributed by atoms with van der Waals surface area (Å²) in [6, 6.07) is 14.2. The molecule has 0 aliphatic heterocycles. The average molecular weight is 296 g/mol. The summed E-state index contributed by atoms with van der Waals surface area (Å²) >= 11 is 0. The van der Waals surface area contributed by atoms with Crippen molar-refractivity contribution >= 4 is 23.0 Å². The number of nitrogens with one attached hydrogen (secondary N) is 2. The molecule has 22 heavy (non-hydrogen) atoms. The van der Waals surface area contributed by atoms with Gasteiger partial charge in [-0.1, -0.05) is 39.0 Å². The number of aryl methyl sites for hydroxylation is 1. The Hall–Kier alpha value is -2.29. The van der Waals surface area contributed by atoms with Gasteiger partial charge in [0.25, 0.3) is 0 Å². The van der Waals surface area contributed by atoms with Gasteiger partial charge in [0.1, 0.15) is 0 Å². The minimum absolute atomic E-state index is 0.0294. The second kappa shape index (κ2) is 7.12. The summed E-state index contributed by atoms with van der Waals surface area (Å²) in [5, 5.41) is 6.36. The van der Waals surface area contributed by atoms with Crippen molar-refractivity contribution in [3.05, 3.63) is 53.6 Å². The Morgan fingerprint density at radius 3 is 2.27 bits per heavy atom. The molecule has 0 aliphatic carbocycles. The zero-order valence-electron chi connectivity index (χ0n) is 13.7. The number of amides is 1. The first-order chi connectivity index (χ1) is 10.5. The minimum Gasteiger partial charge on any atom is -0.355 e. The molecule has 116 valence electrons. The van der Waals surface area contributed by atoms with Crippen molar-refractivity contribution < 1.29 is 4.79 Å². The van der Waals surface area contributed by atoms with Gasteiger partial charge in [-0.2, -0.15) is 0 Å². The summed E-state index contributed by atoms with van der Waals surface area (Å²) in [6.07, 6.45) is 0.487. The van der Waals surface area contributed by atoms with E-state index in [1.54, 1.807) is 0 Å². The van der Waals surface area contributed by atoms with Crippen LogP contribution in [0.5, 0.6) is 0 Å². The molecule has 0 saturated heterocycles. The summed E-state index contributed by atoms with van der Waals surface area (Å²) in [7, 11) is 0. The van der Waals surface area contributed by atoms with Gasteiger partial charge < -0.3 is 10.6 Å². The lowest BCUT2D eigenvalue weighted by Gasteiger charge is -2.17. The van der Waals surface area contributed by atoms with E-state index >= 15 is 0 Å². The van der Waals surface area contributed by atoms with Crippen LogP contribution in [0.2, 0.25) is 0 Å². The fraction of sp³-hybridized carbons (Fsp3) is 0.316. The van der Waals surface area contributed by atoms with Crippen molar-refractivity contribution in [2.45, 2.75) is 40.0 Å². The molecule has 0 spiro atoms. The number of anilines is 3. The molecule has 0 radical (unpaired) electrons. The van der Waals surface area contributed by atoms with Crippen LogP contribution in [-0.4, -0.2) is 5.91 Å². The molecule has 3 nitrogen and oxygen atoms in total. The summed E-state index contributed by atoms with van der Waals surface area (Å²) < 4.78 is 0. The van der Waals surface area contributed by atoms with Gasteiger partial charge in [0, 0.05) is 23.5 Å². The molecule has 0 atom stereocenters. The van der Waals surface area contributed by atoms with Crippen LogP contribution >= 0.6 is 0 Å². The Balaban J connectivity index is 2.20. The lowest BCUT2D eigenvalue weighted by molar-refractivity contribution is -0.115. The zero-order chi connectivity index (χ0) is 16.1. The van der Waals surface area contributed by atoms with E-state index in [4.69, 9.17) is 0 Å². The first-order valence-electron chi connectivity index (χ1n) is 7.77. The molecular formula is C19H24N2O. The van der Waals surface area contributed by atoms with Gasteiger partial charge >= 0.3 is 0 Å². The maximum atomic E-state index is 11.4. The van der Waals surface area contributed by atoms with Gasteiger partial charge in [-0.15, -0.1) is 0 Å². The number of carbonyl (C=O) groups excluding carboxylic acids is 1. The Morgan fingerprint density at radius 1 is 1.05 bits per heavy atom. The van der Waals surface area contributed by atoms with Crippen molar-refractivity contribution in [2.75, 3.05) is 10.6 Å². The highest BCUT2D eigenvalue weighted by atomic mass is 16.1. The second-order valence-corrected chi connectivity index (χ2v) is 5.80. The highest BCUT2D eigenvalue weighted by Gasteiger charge is 2.09. The van der Waals surface area contributed by atoms with E-state index < -0.39 is 0 Å². The second-order valence-electron chi connectivity index (χ2n) is 5.80. The quantitative estimate of drug-likeness (QED) is 0.795. The monoisotopic (exact) mass is 296 g/mol. The summed E-state index contributed by atoms with van der Waals surface area (Å²) in [6.45, 7) is 8.35. The fourth-order valence-electron chi connectivity index (χ4n) is 2.37.